The van der Waals surface area contributed by atoms with E-state index >= 15 is 0 Å². The summed E-state index contributed by atoms with van der Waals surface area (Å²) in [5, 5.41) is 12.0. The van der Waals surface area contributed by atoms with Gasteiger partial charge in [0.25, 0.3) is 0 Å². The summed E-state index contributed by atoms with van der Waals surface area (Å²) >= 11 is 0. The SMILES string of the molecule is C[C@@H](O)CNc1ccccc1. The standard InChI is InChI=1S/C9H13NO/c1-8(11)7-10-9-5-3-2-4-6-9/h2-6,8,10-11H,7H2,1H3/t8-/m1/s1. The predicted octanol–water partition coefficient (Wildman–Crippen LogP) is 1.48. The molecule has 0 saturated heterocycles. The van der Waals surface area contributed by atoms with Gasteiger partial charge < -0.3 is 10.4 Å². The summed E-state index contributed by atoms with van der Waals surface area (Å²) in [7, 11) is 0. The number of anilines is 1. The largest absolute Gasteiger partial charge is 0.392 e. The number of nitrogens with one attached hydrogen (secondary N) is 1. The fourth-order valence-electron chi connectivity index (χ4n) is 0.822. The molecule has 0 aliphatic rings. The summed E-state index contributed by atoms with van der Waals surface area (Å²) in [6.07, 6.45) is -0.296. The average Bonchev–Trinajstić information content (AvgIpc) is 2.03. The number of aliphatic hydroxyl groups is 1. The van der Waals surface area contributed by atoms with Gasteiger partial charge in [-0.1, -0.05) is 18.2 Å². The summed E-state index contributed by atoms with van der Waals surface area (Å²) in [4.78, 5) is 0. The van der Waals surface area contributed by atoms with Crippen molar-refractivity contribution >= 4 is 5.69 Å². The smallest absolute Gasteiger partial charge is 0.0684 e. The first-order chi connectivity index (χ1) is 5.29. The molecule has 0 saturated carbocycles. The average molecular weight is 151 g/mol. The van der Waals surface area contributed by atoms with Crippen LogP contribution in [0.25, 0.3) is 0 Å². The fraction of sp³-hybridized carbons (Fsp3) is 0.333. The summed E-state index contributed by atoms with van der Waals surface area (Å²) in [5.41, 5.74) is 1.05. The van der Waals surface area contributed by atoms with Crippen molar-refractivity contribution in [3.05, 3.63) is 30.3 Å². The van der Waals surface area contributed by atoms with Crippen molar-refractivity contribution in [1.82, 2.24) is 0 Å². The second kappa shape index (κ2) is 3.98. The molecule has 1 aromatic carbocycles. The van der Waals surface area contributed by atoms with Crippen molar-refractivity contribution in [1.29, 1.82) is 0 Å². The number of para-hydroxylation sites is 1. The van der Waals surface area contributed by atoms with Gasteiger partial charge in [0.05, 0.1) is 6.10 Å². The number of rotatable bonds is 3. The minimum absolute atomic E-state index is 0.296. The van der Waals surface area contributed by atoms with Gasteiger partial charge in [-0.2, -0.15) is 0 Å². The second-order valence-electron chi connectivity index (χ2n) is 2.60. The molecule has 0 heterocycles. The van der Waals surface area contributed by atoms with E-state index in [1.165, 1.54) is 0 Å². The van der Waals surface area contributed by atoms with E-state index in [9.17, 15) is 0 Å². The Labute approximate surface area is 66.9 Å². The number of benzene rings is 1. The van der Waals surface area contributed by atoms with Crippen LogP contribution in [0.2, 0.25) is 0 Å². The van der Waals surface area contributed by atoms with Gasteiger partial charge in [0, 0.05) is 12.2 Å². The normalized spacial score (nSPS) is 12.5. The van der Waals surface area contributed by atoms with Crippen LogP contribution in [0.4, 0.5) is 5.69 Å². The second-order valence-corrected chi connectivity index (χ2v) is 2.60. The Kier molecular flexibility index (Phi) is 2.93. The first kappa shape index (κ1) is 8.08. The quantitative estimate of drug-likeness (QED) is 0.685. The molecule has 1 aromatic rings. The first-order valence-corrected chi connectivity index (χ1v) is 3.76. The lowest BCUT2D eigenvalue weighted by Crippen LogP contribution is -2.14. The third-order valence-electron chi connectivity index (χ3n) is 1.38. The van der Waals surface area contributed by atoms with Gasteiger partial charge in [-0.3, -0.25) is 0 Å². The van der Waals surface area contributed by atoms with Gasteiger partial charge in [0.2, 0.25) is 0 Å². The van der Waals surface area contributed by atoms with Crippen LogP contribution in [-0.4, -0.2) is 17.8 Å². The van der Waals surface area contributed by atoms with E-state index in [1.54, 1.807) is 6.92 Å². The van der Waals surface area contributed by atoms with Gasteiger partial charge in [-0.05, 0) is 19.1 Å². The summed E-state index contributed by atoms with van der Waals surface area (Å²) in [6.45, 7) is 2.36. The Morgan fingerprint density at radius 1 is 1.36 bits per heavy atom. The van der Waals surface area contributed by atoms with Gasteiger partial charge in [-0.15, -0.1) is 0 Å². The topological polar surface area (TPSA) is 32.3 Å². The van der Waals surface area contributed by atoms with E-state index in [0.717, 1.165) is 5.69 Å². The van der Waals surface area contributed by atoms with E-state index in [0.29, 0.717) is 6.54 Å². The van der Waals surface area contributed by atoms with Crippen molar-refractivity contribution in [3.63, 3.8) is 0 Å². The zero-order valence-electron chi connectivity index (χ0n) is 6.62. The molecule has 2 heteroatoms. The molecular formula is C9H13NO. The van der Waals surface area contributed by atoms with E-state index in [-0.39, 0.29) is 6.10 Å². The molecule has 0 radical (unpaired) electrons. The lowest BCUT2D eigenvalue weighted by Gasteiger charge is -2.07. The Bertz CT molecular complexity index is 196. The minimum Gasteiger partial charge on any atom is -0.392 e. The van der Waals surface area contributed by atoms with Gasteiger partial charge in [0.15, 0.2) is 0 Å². The summed E-state index contributed by atoms with van der Waals surface area (Å²) < 4.78 is 0. The Hall–Kier alpha value is -1.02. The molecule has 60 valence electrons. The van der Waals surface area contributed by atoms with Crippen LogP contribution in [0.5, 0.6) is 0 Å². The first-order valence-electron chi connectivity index (χ1n) is 3.76. The third kappa shape index (κ3) is 3.05. The molecule has 0 amide bonds. The molecule has 0 aromatic heterocycles. The van der Waals surface area contributed by atoms with Gasteiger partial charge >= 0.3 is 0 Å². The molecule has 1 atom stereocenters. The van der Waals surface area contributed by atoms with E-state index in [1.807, 2.05) is 30.3 Å². The van der Waals surface area contributed by atoms with Crippen LogP contribution in [-0.2, 0) is 0 Å². The van der Waals surface area contributed by atoms with Crippen molar-refractivity contribution in [2.45, 2.75) is 13.0 Å². The van der Waals surface area contributed by atoms with Gasteiger partial charge in [0.1, 0.15) is 0 Å². The van der Waals surface area contributed by atoms with Crippen molar-refractivity contribution < 1.29 is 5.11 Å². The highest BCUT2D eigenvalue weighted by Gasteiger charge is 1.93. The highest BCUT2D eigenvalue weighted by Crippen LogP contribution is 2.03. The molecule has 1 rings (SSSR count). The molecule has 0 aliphatic heterocycles. The maximum atomic E-state index is 8.95. The predicted molar refractivity (Wildman–Crippen MR) is 46.6 cm³/mol. The Morgan fingerprint density at radius 2 is 2.00 bits per heavy atom. The fourth-order valence-corrected chi connectivity index (χ4v) is 0.822. The van der Waals surface area contributed by atoms with Crippen LogP contribution in [0.15, 0.2) is 30.3 Å². The van der Waals surface area contributed by atoms with E-state index < -0.39 is 0 Å². The maximum Gasteiger partial charge on any atom is 0.0684 e. The molecule has 0 bridgehead atoms. The molecule has 0 aliphatic carbocycles. The van der Waals surface area contributed by atoms with Crippen LogP contribution in [0.1, 0.15) is 6.92 Å². The summed E-state index contributed by atoms with van der Waals surface area (Å²) in [6, 6.07) is 9.84. The molecule has 2 N–H and O–H groups in total. The van der Waals surface area contributed by atoms with E-state index in [2.05, 4.69) is 5.32 Å². The molecule has 0 unspecified atom stereocenters. The number of aliphatic hydroxyl groups excluding tert-OH is 1. The lowest BCUT2D eigenvalue weighted by molar-refractivity contribution is 0.208. The van der Waals surface area contributed by atoms with Crippen molar-refractivity contribution in [3.8, 4) is 0 Å². The van der Waals surface area contributed by atoms with Gasteiger partial charge in [-0.25, -0.2) is 0 Å². The molecular weight excluding hydrogens is 138 g/mol. The van der Waals surface area contributed by atoms with Crippen LogP contribution < -0.4 is 5.32 Å². The monoisotopic (exact) mass is 151 g/mol. The van der Waals surface area contributed by atoms with E-state index in [4.69, 9.17) is 5.11 Å². The zero-order valence-corrected chi connectivity index (χ0v) is 6.62. The van der Waals surface area contributed by atoms with Crippen LogP contribution in [0, 0.1) is 0 Å². The minimum atomic E-state index is -0.296. The highest BCUT2D eigenvalue weighted by atomic mass is 16.3. The molecule has 0 spiro atoms. The van der Waals surface area contributed by atoms with Crippen LogP contribution >= 0.6 is 0 Å². The number of hydrogen-bond donors (Lipinski definition) is 2. The number of hydrogen-bond acceptors (Lipinski definition) is 2. The highest BCUT2D eigenvalue weighted by molar-refractivity contribution is 5.42. The molecule has 2 nitrogen and oxygen atoms in total. The zero-order chi connectivity index (χ0) is 8.10. The third-order valence-corrected chi connectivity index (χ3v) is 1.38. The van der Waals surface area contributed by atoms with Crippen molar-refractivity contribution in [2.24, 2.45) is 0 Å². The van der Waals surface area contributed by atoms with Crippen molar-refractivity contribution in [2.75, 3.05) is 11.9 Å². The Morgan fingerprint density at radius 3 is 2.55 bits per heavy atom. The molecule has 11 heavy (non-hydrogen) atoms. The summed E-state index contributed by atoms with van der Waals surface area (Å²) in [5.74, 6) is 0. The lowest BCUT2D eigenvalue weighted by atomic mass is 10.3. The Balaban J connectivity index is 2.39. The maximum absolute atomic E-state index is 8.95. The molecule has 0 fully saturated rings. The van der Waals surface area contributed by atoms with Crippen LogP contribution in [0.3, 0.4) is 0 Å².